The van der Waals surface area contributed by atoms with E-state index in [1.807, 2.05) is 36.9 Å². The summed E-state index contributed by atoms with van der Waals surface area (Å²) < 4.78 is 0. The Morgan fingerprint density at radius 1 is 1.22 bits per heavy atom. The zero-order chi connectivity index (χ0) is 16.8. The van der Waals surface area contributed by atoms with Gasteiger partial charge in [-0.25, -0.2) is 0 Å². The standard InChI is InChI=1S/C19H28N2O2/c1-4-5-6-18(22)21-11-9-16(10-12-21)19(23)20-17-13-14(2)7-8-15(17)3/h7-8,13,16H,4-6,9-12H2,1-3H3,(H,20,23). The summed E-state index contributed by atoms with van der Waals surface area (Å²) in [6.45, 7) is 7.53. The number of nitrogens with zero attached hydrogens (tertiary/aromatic N) is 1. The Morgan fingerprint density at radius 2 is 1.91 bits per heavy atom. The molecule has 126 valence electrons. The van der Waals surface area contributed by atoms with Crippen molar-refractivity contribution in [1.82, 2.24) is 4.90 Å². The Morgan fingerprint density at radius 3 is 2.57 bits per heavy atom. The molecule has 1 aliphatic heterocycles. The highest BCUT2D eigenvalue weighted by Crippen LogP contribution is 2.22. The molecule has 0 unspecified atom stereocenters. The van der Waals surface area contributed by atoms with Crippen molar-refractivity contribution in [3.8, 4) is 0 Å². The third-order valence-electron chi connectivity index (χ3n) is 4.61. The summed E-state index contributed by atoms with van der Waals surface area (Å²) in [6.07, 6.45) is 4.14. The van der Waals surface area contributed by atoms with Gasteiger partial charge in [-0.15, -0.1) is 0 Å². The van der Waals surface area contributed by atoms with Gasteiger partial charge in [-0.3, -0.25) is 9.59 Å². The van der Waals surface area contributed by atoms with Gasteiger partial charge in [0.2, 0.25) is 11.8 Å². The lowest BCUT2D eigenvalue weighted by Gasteiger charge is -2.31. The molecule has 1 fully saturated rings. The summed E-state index contributed by atoms with van der Waals surface area (Å²) in [5.41, 5.74) is 3.12. The van der Waals surface area contributed by atoms with Crippen LogP contribution in [0.1, 0.15) is 50.2 Å². The second kappa shape index (κ2) is 8.14. The third kappa shape index (κ3) is 4.81. The minimum Gasteiger partial charge on any atom is -0.343 e. The molecule has 0 aliphatic carbocycles. The van der Waals surface area contributed by atoms with Gasteiger partial charge >= 0.3 is 0 Å². The first kappa shape index (κ1) is 17.5. The van der Waals surface area contributed by atoms with Crippen LogP contribution in [0, 0.1) is 19.8 Å². The van der Waals surface area contributed by atoms with Crippen molar-refractivity contribution >= 4 is 17.5 Å². The fourth-order valence-electron chi connectivity index (χ4n) is 2.98. The van der Waals surface area contributed by atoms with Gasteiger partial charge in [0.15, 0.2) is 0 Å². The number of carbonyl (C=O) groups excluding carboxylic acids is 2. The number of likely N-dealkylation sites (tertiary alicyclic amines) is 1. The van der Waals surface area contributed by atoms with E-state index in [9.17, 15) is 9.59 Å². The van der Waals surface area contributed by atoms with Crippen LogP contribution in [0.3, 0.4) is 0 Å². The predicted octanol–water partition coefficient (Wildman–Crippen LogP) is 3.67. The van der Waals surface area contributed by atoms with Crippen molar-refractivity contribution in [3.63, 3.8) is 0 Å². The van der Waals surface area contributed by atoms with Gasteiger partial charge in [-0.05, 0) is 50.3 Å². The number of hydrogen-bond acceptors (Lipinski definition) is 2. The van der Waals surface area contributed by atoms with Gasteiger partial charge in [0.1, 0.15) is 0 Å². The number of carbonyl (C=O) groups is 2. The van der Waals surface area contributed by atoms with Crippen LogP contribution < -0.4 is 5.32 Å². The van der Waals surface area contributed by atoms with Gasteiger partial charge in [0.05, 0.1) is 0 Å². The number of rotatable bonds is 5. The number of hydrogen-bond donors (Lipinski definition) is 1. The summed E-state index contributed by atoms with van der Waals surface area (Å²) in [5.74, 6) is 0.324. The molecule has 1 aromatic rings. The van der Waals surface area contributed by atoms with Crippen molar-refractivity contribution in [2.75, 3.05) is 18.4 Å². The molecule has 23 heavy (non-hydrogen) atoms. The van der Waals surface area contributed by atoms with Crippen LogP contribution in [0.2, 0.25) is 0 Å². The number of anilines is 1. The summed E-state index contributed by atoms with van der Waals surface area (Å²) in [6, 6.07) is 6.09. The highest BCUT2D eigenvalue weighted by atomic mass is 16.2. The number of nitrogens with one attached hydrogen (secondary N) is 1. The average Bonchev–Trinajstić information content (AvgIpc) is 2.56. The SMILES string of the molecule is CCCCC(=O)N1CCC(C(=O)Nc2cc(C)ccc2C)CC1. The van der Waals surface area contributed by atoms with Gasteiger partial charge in [0, 0.05) is 31.1 Å². The van der Waals surface area contributed by atoms with Crippen LogP contribution in [0.5, 0.6) is 0 Å². The van der Waals surface area contributed by atoms with Crippen LogP contribution in [0.4, 0.5) is 5.69 Å². The Bertz CT molecular complexity index is 560. The first-order valence-electron chi connectivity index (χ1n) is 8.67. The molecule has 0 aromatic heterocycles. The van der Waals surface area contributed by atoms with E-state index in [4.69, 9.17) is 0 Å². The van der Waals surface area contributed by atoms with E-state index in [2.05, 4.69) is 12.2 Å². The summed E-state index contributed by atoms with van der Waals surface area (Å²) >= 11 is 0. The van der Waals surface area contributed by atoms with Crippen LogP contribution in [-0.2, 0) is 9.59 Å². The fraction of sp³-hybridized carbons (Fsp3) is 0.579. The Hall–Kier alpha value is -1.84. The molecular weight excluding hydrogens is 288 g/mol. The Kier molecular flexibility index (Phi) is 6.20. The normalized spacial score (nSPS) is 15.5. The molecule has 2 rings (SSSR count). The maximum absolute atomic E-state index is 12.5. The molecule has 0 spiro atoms. The molecule has 2 amide bonds. The van der Waals surface area contributed by atoms with Crippen LogP contribution in [0.25, 0.3) is 0 Å². The minimum atomic E-state index is 0.00476. The molecule has 1 heterocycles. The zero-order valence-corrected chi connectivity index (χ0v) is 14.5. The topological polar surface area (TPSA) is 49.4 Å². The summed E-state index contributed by atoms with van der Waals surface area (Å²) in [4.78, 5) is 26.4. The van der Waals surface area contributed by atoms with E-state index in [0.717, 1.165) is 42.5 Å². The van der Waals surface area contributed by atoms with E-state index in [0.29, 0.717) is 19.5 Å². The number of piperidine rings is 1. The number of unbranched alkanes of at least 4 members (excludes halogenated alkanes) is 1. The van der Waals surface area contributed by atoms with Crippen molar-refractivity contribution in [2.45, 2.75) is 52.9 Å². The highest BCUT2D eigenvalue weighted by molar-refractivity contribution is 5.93. The molecule has 1 aromatic carbocycles. The summed E-state index contributed by atoms with van der Waals surface area (Å²) in [5, 5.41) is 3.06. The monoisotopic (exact) mass is 316 g/mol. The van der Waals surface area contributed by atoms with Crippen LogP contribution in [-0.4, -0.2) is 29.8 Å². The van der Waals surface area contributed by atoms with E-state index < -0.39 is 0 Å². The Labute approximate surface area is 139 Å². The summed E-state index contributed by atoms with van der Waals surface area (Å²) in [7, 11) is 0. The molecule has 1 N–H and O–H groups in total. The average molecular weight is 316 g/mol. The van der Waals surface area contributed by atoms with Crippen molar-refractivity contribution in [1.29, 1.82) is 0 Å². The number of aryl methyl sites for hydroxylation is 2. The maximum atomic E-state index is 12.5. The van der Waals surface area contributed by atoms with Gasteiger partial charge in [0.25, 0.3) is 0 Å². The molecule has 4 nitrogen and oxygen atoms in total. The molecule has 1 saturated heterocycles. The highest BCUT2D eigenvalue weighted by Gasteiger charge is 2.27. The van der Waals surface area contributed by atoms with Gasteiger partial charge in [-0.1, -0.05) is 25.5 Å². The van der Waals surface area contributed by atoms with Crippen molar-refractivity contribution in [2.24, 2.45) is 5.92 Å². The molecule has 4 heteroatoms. The number of benzene rings is 1. The smallest absolute Gasteiger partial charge is 0.227 e. The molecule has 1 aliphatic rings. The van der Waals surface area contributed by atoms with Crippen molar-refractivity contribution < 1.29 is 9.59 Å². The van der Waals surface area contributed by atoms with E-state index in [1.165, 1.54) is 0 Å². The molecule has 0 atom stereocenters. The minimum absolute atomic E-state index is 0.00476. The van der Waals surface area contributed by atoms with Crippen LogP contribution in [0.15, 0.2) is 18.2 Å². The lowest BCUT2D eigenvalue weighted by Crippen LogP contribution is -2.41. The first-order chi connectivity index (χ1) is 11.0. The molecular formula is C19H28N2O2. The Balaban J connectivity index is 1.86. The van der Waals surface area contributed by atoms with Gasteiger partial charge in [-0.2, -0.15) is 0 Å². The van der Waals surface area contributed by atoms with Crippen LogP contribution >= 0.6 is 0 Å². The fourth-order valence-corrected chi connectivity index (χ4v) is 2.98. The zero-order valence-electron chi connectivity index (χ0n) is 14.5. The molecule has 0 saturated carbocycles. The number of amides is 2. The van der Waals surface area contributed by atoms with E-state index in [1.54, 1.807) is 0 Å². The van der Waals surface area contributed by atoms with E-state index >= 15 is 0 Å². The lowest BCUT2D eigenvalue weighted by molar-refractivity contribution is -0.134. The molecule has 0 bridgehead atoms. The predicted molar refractivity (Wildman–Crippen MR) is 93.4 cm³/mol. The van der Waals surface area contributed by atoms with E-state index in [-0.39, 0.29) is 17.7 Å². The van der Waals surface area contributed by atoms with Gasteiger partial charge < -0.3 is 10.2 Å². The quantitative estimate of drug-likeness (QED) is 0.901. The largest absolute Gasteiger partial charge is 0.343 e. The maximum Gasteiger partial charge on any atom is 0.227 e. The second-order valence-corrected chi connectivity index (χ2v) is 6.57. The first-order valence-corrected chi connectivity index (χ1v) is 8.67. The van der Waals surface area contributed by atoms with Crippen molar-refractivity contribution in [3.05, 3.63) is 29.3 Å². The lowest BCUT2D eigenvalue weighted by atomic mass is 9.95. The third-order valence-corrected chi connectivity index (χ3v) is 4.61. The molecule has 0 radical (unpaired) electrons. The second-order valence-electron chi connectivity index (χ2n) is 6.57.